The number of halogens is 1. The Balaban J connectivity index is 2.16. The molecule has 0 aliphatic carbocycles. The molecule has 19 heavy (non-hydrogen) atoms. The lowest BCUT2D eigenvalue weighted by molar-refractivity contribution is 0.0728. The van der Waals surface area contributed by atoms with Crippen LogP contribution >= 0.6 is 15.9 Å². The van der Waals surface area contributed by atoms with Gasteiger partial charge >= 0.3 is 0 Å². The molecule has 0 bridgehead atoms. The van der Waals surface area contributed by atoms with Crippen molar-refractivity contribution in [2.24, 2.45) is 0 Å². The third-order valence-electron chi connectivity index (χ3n) is 3.64. The highest BCUT2D eigenvalue weighted by Gasteiger charge is 2.29. The average Bonchev–Trinajstić information content (AvgIpc) is 2.86. The van der Waals surface area contributed by atoms with E-state index in [1.807, 2.05) is 24.8 Å². The smallest absolute Gasteiger partial charge is 0.256 e. The molecule has 104 valence electrons. The molecule has 2 rings (SSSR count). The van der Waals surface area contributed by atoms with E-state index in [1.54, 1.807) is 0 Å². The zero-order valence-electron chi connectivity index (χ0n) is 11.5. The molecule has 1 aromatic heterocycles. The maximum atomic E-state index is 12.6. The van der Waals surface area contributed by atoms with Gasteiger partial charge in [-0.15, -0.1) is 0 Å². The Morgan fingerprint density at radius 3 is 3.00 bits per heavy atom. The summed E-state index contributed by atoms with van der Waals surface area (Å²) in [4.78, 5) is 14.7. The summed E-state index contributed by atoms with van der Waals surface area (Å²) in [5, 5.41) is 9.04. The molecule has 0 saturated carbocycles. The van der Waals surface area contributed by atoms with Crippen LogP contribution in [0.5, 0.6) is 0 Å². The summed E-state index contributed by atoms with van der Waals surface area (Å²) in [6.07, 6.45) is 4.42. The number of nitrogens with zero attached hydrogens (tertiary/aromatic N) is 3. The van der Waals surface area contributed by atoms with E-state index >= 15 is 0 Å². The van der Waals surface area contributed by atoms with Crippen molar-refractivity contribution >= 4 is 21.8 Å². The van der Waals surface area contributed by atoms with Gasteiger partial charge in [-0.25, -0.2) is 0 Å². The molecule has 1 saturated heterocycles. The second-order valence-electron chi connectivity index (χ2n) is 5.11. The number of amides is 1. The highest BCUT2D eigenvalue weighted by atomic mass is 79.9. The van der Waals surface area contributed by atoms with Crippen LogP contribution in [0.1, 0.15) is 47.4 Å². The highest BCUT2D eigenvalue weighted by molar-refractivity contribution is 9.09. The van der Waals surface area contributed by atoms with Gasteiger partial charge in [0.1, 0.15) is 0 Å². The molecule has 2 heterocycles. The molecule has 1 aliphatic heterocycles. The Hall–Kier alpha value is -0.970. The van der Waals surface area contributed by atoms with Crippen LogP contribution in [0.25, 0.3) is 0 Å². The fourth-order valence-electron chi connectivity index (χ4n) is 2.64. The zero-order chi connectivity index (χ0) is 13.8. The van der Waals surface area contributed by atoms with E-state index < -0.39 is 0 Å². The normalized spacial score (nSPS) is 18.9. The summed E-state index contributed by atoms with van der Waals surface area (Å²) in [6.45, 7) is 4.59. The van der Waals surface area contributed by atoms with Crippen LogP contribution < -0.4 is 0 Å². The number of carbonyl (C=O) groups is 1. The van der Waals surface area contributed by atoms with Crippen LogP contribution in [0.4, 0.5) is 0 Å². The largest absolute Gasteiger partial charge is 0.336 e. The quantitative estimate of drug-likeness (QED) is 0.799. The summed E-state index contributed by atoms with van der Waals surface area (Å²) in [6, 6.07) is 2.24. The third-order valence-corrected chi connectivity index (χ3v) is 4.20. The van der Waals surface area contributed by atoms with Crippen LogP contribution in [-0.4, -0.2) is 38.9 Å². The van der Waals surface area contributed by atoms with Gasteiger partial charge in [0.15, 0.2) is 0 Å². The fraction of sp³-hybridized carbons (Fsp3) is 0.643. The van der Waals surface area contributed by atoms with Gasteiger partial charge in [0, 0.05) is 17.9 Å². The lowest BCUT2D eigenvalue weighted by Gasteiger charge is -2.25. The Labute approximate surface area is 122 Å². The Kier molecular flexibility index (Phi) is 4.91. The molecule has 1 aliphatic rings. The average molecular weight is 326 g/mol. The first-order valence-electron chi connectivity index (χ1n) is 6.81. The van der Waals surface area contributed by atoms with E-state index in [0.29, 0.717) is 11.6 Å². The van der Waals surface area contributed by atoms with Crippen LogP contribution in [0.15, 0.2) is 6.07 Å². The number of likely N-dealkylation sites (tertiary alicyclic amines) is 1. The maximum absolute atomic E-state index is 12.6. The molecular weight excluding hydrogens is 306 g/mol. The Morgan fingerprint density at radius 2 is 2.26 bits per heavy atom. The molecule has 0 radical (unpaired) electrons. The molecule has 5 heteroatoms. The summed E-state index contributed by atoms with van der Waals surface area (Å²) < 4.78 is 0. The number of aromatic nitrogens is 2. The highest BCUT2D eigenvalue weighted by Crippen LogP contribution is 2.24. The standard InChI is InChI=1S/C14H20BrN3O/c1-10-9-13(11(2)17-16-10)14(19)18-8-4-6-12(18)5-3-7-15/h9,12H,3-8H2,1-2H3. The van der Waals surface area contributed by atoms with Gasteiger partial charge in [-0.1, -0.05) is 15.9 Å². The predicted molar refractivity (Wildman–Crippen MR) is 78.6 cm³/mol. The van der Waals surface area contributed by atoms with Crippen molar-refractivity contribution in [2.45, 2.75) is 45.6 Å². The summed E-state index contributed by atoms with van der Waals surface area (Å²) in [7, 11) is 0. The van der Waals surface area contributed by atoms with E-state index in [4.69, 9.17) is 0 Å². The number of rotatable bonds is 4. The first-order valence-corrected chi connectivity index (χ1v) is 7.93. The third kappa shape index (κ3) is 3.32. The number of alkyl halides is 1. The van der Waals surface area contributed by atoms with Gasteiger partial charge in [-0.05, 0) is 45.6 Å². The molecule has 0 N–H and O–H groups in total. The predicted octanol–water partition coefficient (Wildman–Crippen LogP) is 2.87. The summed E-state index contributed by atoms with van der Waals surface area (Å²) >= 11 is 3.46. The van der Waals surface area contributed by atoms with Crippen molar-refractivity contribution in [1.29, 1.82) is 0 Å². The molecular formula is C14H20BrN3O. The van der Waals surface area contributed by atoms with Gasteiger partial charge in [0.05, 0.1) is 17.0 Å². The van der Waals surface area contributed by atoms with Crippen molar-refractivity contribution in [3.05, 3.63) is 23.0 Å². The number of aryl methyl sites for hydroxylation is 2. The second-order valence-corrected chi connectivity index (χ2v) is 5.90. The van der Waals surface area contributed by atoms with Crippen molar-refractivity contribution < 1.29 is 4.79 Å². The van der Waals surface area contributed by atoms with Crippen LogP contribution in [-0.2, 0) is 0 Å². The van der Waals surface area contributed by atoms with Crippen molar-refractivity contribution in [2.75, 3.05) is 11.9 Å². The minimum Gasteiger partial charge on any atom is -0.336 e. The first kappa shape index (κ1) is 14.4. The minimum atomic E-state index is 0.118. The van der Waals surface area contributed by atoms with E-state index in [-0.39, 0.29) is 5.91 Å². The Bertz CT molecular complexity index is 464. The van der Waals surface area contributed by atoms with Gasteiger partial charge in [-0.2, -0.15) is 10.2 Å². The van der Waals surface area contributed by atoms with E-state index in [2.05, 4.69) is 26.1 Å². The lowest BCUT2D eigenvalue weighted by Crippen LogP contribution is -2.36. The van der Waals surface area contributed by atoms with Crippen LogP contribution in [0.3, 0.4) is 0 Å². The zero-order valence-corrected chi connectivity index (χ0v) is 13.1. The molecule has 1 atom stereocenters. The van der Waals surface area contributed by atoms with Gasteiger partial charge in [0.25, 0.3) is 5.91 Å². The van der Waals surface area contributed by atoms with Crippen LogP contribution in [0.2, 0.25) is 0 Å². The topological polar surface area (TPSA) is 46.1 Å². The van der Waals surface area contributed by atoms with E-state index in [1.165, 1.54) is 0 Å². The number of carbonyl (C=O) groups excluding carboxylic acids is 1. The van der Waals surface area contributed by atoms with E-state index in [9.17, 15) is 4.79 Å². The maximum Gasteiger partial charge on any atom is 0.256 e. The Morgan fingerprint density at radius 1 is 1.47 bits per heavy atom. The number of hydrogen-bond donors (Lipinski definition) is 0. The van der Waals surface area contributed by atoms with Crippen molar-refractivity contribution in [3.8, 4) is 0 Å². The van der Waals surface area contributed by atoms with E-state index in [0.717, 1.165) is 48.9 Å². The minimum absolute atomic E-state index is 0.118. The summed E-state index contributed by atoms with van der Waals surface area (Å²) in [5.41, 5.74) is 2.23. The van der Waals surface area contributed by atoms with Crippen LogP contribution in [0, 0.1) is 13.8 Å². The molecule has 1 aromatic rings. The van der Waals surface area contributed by atoms with Gasteiger partial charge < -0.3 is 4.90 Å². The molecule has 1 unspecified atom stereocenters. The number of hydrogen-bond acceptors (Lipinski definition) is 3. The molecule has 0 spiro atoms. The SMILES string of the molecule is Cc1cc(C(=O)N2CCCC2CCCBr)c(C)nn1. The first-order chi connectivity index (χ1) is 9.13. The lowest BCUT2D eigenvalue weighted by atomic mass is 10.1. The fourth-order valence-corrected chi connectivity index (χ4v) is 2.96. The molecule has 1 amide bonds. The second kappa shape index (κ2) is 6.46. The molecule has 1 fully saturated rings. The van der Waals surface area contributed by atoms with Gasteiger partial charge in [0.2, 0.25) is 0 Å². The van der Waals surface area contributed by atoms with Crippen molar-refractivity contribution in [3.63, 3.8) is 0 Å². The van der Waals surface area contributed by atoms with Gasteiger partial charge in [-0.3, -0.25) is 4.79 Å². The molecule has 4 nitrogen and oxygen atoms in total. The summed E-state index contributed by atoms with van der Waals surface area (Å²) in [5.74, 6) is 0.118. The molecule has 0 aromatic carbocycles. The monoisotopic (exact) mass is 325 g/mol. The van der Waals surface area contributed by atoms with Crippen molar-refractivity contribution in [1.82, 2.24) is 15.1 Å².